The van der Waals surface area contributed by atoms with Crippen LogP contribution < -0.4 is 10.6 Å². The zero-order valence-corrected chi connectivity index (χ0v) is 12.9. The lowest BCUT2D eigenvalue weighted by Crippen LogP contribution is -2.47. The number of guanidine groups is 1. The SMILES string of the molecule is CCC(C)NC(=NC)NCC1CCCN1CCOC. The fourth-order valence-electron chi connectivity index (χ4n) is 2.37. The summed E-state index contributed by atoms with van der Waals surface area (Å²) in [5.41, 5.74) is 0. The van der Waals surface area contributed by atoms with Crippen LogP contribution in [-0.4, -0.2) is 63.3 Å². The second kappa shape index (κ2) is 9.15. The van der Waals surface area contributed by atoms with E-state index in [1.807, 2.05) is 7.05 Å². The average Bonchev–Trinajstić information content (AvgIpc) is 2.88. The van der Waals surface area contributed by atoms with Crippen LogP contribution in [0.1, 0.15) is 33.1 Å². The van der Waals surface area contributed by atoms with E-state index in [4.69, 9.17) is 4.74 Å². The Labute approximate surface area is 117 Å². The summed E-state index contributed by atoms with van der Waals surface area (Å²) in [6.07, 6.45) is 3.65. The molecule has 0 bridgehead atoms. The molecule has 19 heavy (non-hydrogen) atoms. The van der Waals surface area contributed by atoms with Gasteiger partial charge in [0.15, 0.2) is 5.96 Å². The highest BCUT2D eigenvalue weighted by Gasteiger charge is 2.23. The van der Waals surface area contributed by atoms with E-state index in [-0.39, 0.29) is 0 Å². The first-order valence-corrected chi connectivity index (χ1v) is 7.41. The average molecular weight is 270 g/mol. The number of methoxy groups -OCH3 is 1. The van der Waals surface area contributed by atoms with Gasteiger partial charge in [0, 0.05) is 39.3 Å². The normalized spacial score (nSPS) is 22.5. The lowest BCUT2D eigenvalue weighted by molar-refractivity contribution is 0.141. The molecule has 0 amide bonds. The first-order valence-electron chi connectivity index (χ1n) is 7.41. The highest BCUT2D eigenvalue weighted by Crippen LogP contribution is 2.15. The minimum Gasteiger partial charge on any atom is -0.383 e. The van der Waals surface area contributed by atoms with Crippen LogP contribution in [0.3, 0.4) is 0 Å². The first kappa shape index (κ1) is 16.2. The minimum atomic E-state index is 0.458. The number of ether oxygens (including phenoxy) is 1. The molecule has 0 radical (unpaired) electrons. The predicted octanol–water partition coefficient (Wildman–Crippen LogP) is 1.06. The Morgan fingerprint density at radius 1 is 1.53 bits per heavy atom. The largest absolute Gasteiger partial charge is 0.383 e. The van der Waals surface area contributed by atoms with Gasteiger partial charge in [-0.3, -0.25) is 9.89 Å². The molecule has 0 spiro atoms. The van der Waals surface area contributed by atoms with Gasteiger partial charge < -0.3 is 15.4 Å². The van der Waals surface area contributed by atoms with Crippen LogP contribution in [0.5, 0.6) is 0 Å². The topological polar surface area (TPSA) is 48.9 Å². The zero-order chi connectivity index (χ0) is 14.1. The first-order chi connectivity index (χ1) is 9.21. The fourth-order valence-corrected chi connectivity index (χ4v) is 2.37. The number of hydrogen-bond acceptors (Lipinski definition) is 3. The van der Waals surface area contributed by atoms with Crippen LogP contribution in [-0.2, 0) is 4.74 Å². The molecule has 1 rings (SSSR count). The molecule has 1 saturated heterocycles. The van der Waals surface area contributed by atoms with Crippen LogP contribution >= 0.6 is 0 Å². The summed E-state index contributed by atoms with van der Waals surface area (Å²) in [7, 11) is 3.59. The monoisotopic (exact) mass is 270 g/mol. The van der Waals surface area contributed by atoms with E-state index in [0.29, 0.717) is 12.1 Å². The second-order valence-electron chi connectivity index (χ2n) is 5.23. The van der Waals surface area contributed by atoms with Crippen LogP contribution in [0.4, 0.5) is 0 Å². The van der Waals surface area contributed by atoms with Crippen molar-refractivity contribution in [3.63, 3.8) is 0 Å². The summed E-state index contributed by atoms with van der Waals surface area (Å²) in [5.74, 6) is 0.910. The van der Waals surface area contributed by atoms with Gasteiger partial charge >= 0.3 is 0 Å². The highest BCUT2D eigenvalue weighted by molar-refractivity contribution is 5.79. The molecule has 0 aromatic rings. The third kappa shape index (κ3) is 5.78. The number of nitrogens with zero attached hydrogens (tertiary/aromatic N) is 2. The molecule has 112 valence electrons. The zero-order valence-electron chi connectivity index (χ0n) is 12.9. The van der Waals surface area contributed by atoms with Crippen LogP contribution in [0.15, 0.2) is 4.99 Å². The molecule has 0 aromatic carbocycles. The summed E-state index contributed by atoms with van der Waals surface area (Å²) in [5, 5.41) is 6.83. The summed E-state index contributed by atoms with van der Waals surface area (Å²) in [6, 6.07) is 1.06. The Kier molecular flexibility index (Phi) is 7.82. The Morgan fingerprint density at radius 2 is 2.32 bits per heavy atom. The summed E-state index contributed by atoms with van der Waals surface area (Å²) in [4.78, 5) is 6.78. The Hall–Kier alpha value is -0.810. The Bertz CT molecular complexity index is 270. The van der Waals surface area contributed by atoms with E-state index >= 15 is 0 Å². The standard InChI is InChI=1S/C14H30N4O/c1-5-12(2)17-14(15-3)16-11-13-7-6-8-18(13)9-10-19-4/h12-13H,5-11H2,1-4H3,(H2,15,16,17). The highest BCUT2D eigenvalue weighted by atomic mass is 16.5. The van der Waals surface area contributed by atoms with Crippen LogP contribution in [0, 0.1) is 0 Å². The Morgan fingerprint density at radius 3 is 2.95 bits per heavy atom. The molecule has 5 nitrogen and oxygen atoms in total. The van der Waals surface area contributed by atoms with Crippen molar-refractivity contribution in [2.45, 2.75) is 45.2 Å². The van der Waals surface area contributed by atoms with Gasteiger partial charge in [-0.2, -0.15) is 0 Å². The number of rotatable bonds is 7. The summed E-state index contributed by atoms with van der Waals surface area (Å²) in [6.45, 7) is 8.34. The molecule has 1 heterocycles. The van der Waals surface area contributed by atoms with E-state index in [1.165, 1.54) is 19.4 Å². The van der Waals surface area contributed by atoms with Crippen molar-refractivity contribution in [1.82, 2.24) is 15.5 Å². The van der Waals surface area contributed by atoms with Crippen molar-refractivity contribution in [3.8, 4) is 0 Å². The molecular formula is C14H30N4O. The quantitative estimate of drug-likeness (QED) is 0.536. The van der Waals surface area contributed by atoms with Crippen molar-refractivity contribution in [2.75, 3.05) is 40.4 Å². The number of nitrogens with one attached hydrogen (secondary N) is 2. The van der Waals surface area contributed by atoms with Gasteiger partial charge in [0.05, 0.1) is 6.61 Å². The number of aliphatic imine (C=N–C) groups is 1. The van der Waals surface area contributed by atoms with E-state index in [0.717, 1.165) is 32.1 Å². The summed E-state index contributed by atoms with van der Waals surface area (Å²) >= 11 is 0. The van der Waals surface area contributed by atoms with Crippen molar-refractivity contribution < 1.29 is 4.74 Å². The van der Waals surface area contributed by atoms with E-state index in [2.05, 4.69) is 34.4 Å². The van der Waals surface area contributed by atoms with Crippen LogP contribution in [0.25, 0.3) is 0 Å². The van der Waals surface area contributed by atoms with Crippen molar-refractivity contribution >= 4 is 5.96 Å². The molecule has 1 fully saturated rings. The van der Waals surface area contributed by atoms with Crippen molar-refractivity contribution in [2.24, 2.45) is 4.99 Å². The molecule has 2 atom stereocenters. The third-order valence-corrected chi connectivity index (χ3v) is 3.81. The van der Waals surface area contributed by atoms with Gasteiger partial charge in [-0.25, -0.2) is 0 Å². The third-order valence-electron chi connectivity index (χ3n) is 3.81. The number of hydrogen-bond donors (Lipinski definition) is 2. The molecule has 0 saturated carbocycles. The fraction of sp³-hybridized carbons (Fsp3) is 0.929. The number of likely N-dealkylation sites (tertiary alicyclic amines) is 1. The van der Waals surface area contributed by atoms with Crippen LogP contribution in [0.2, 0.25) is 0 Å². The molecule has 2 unspecified atom stereocenters. The second-order valence-corrected chi connectivity index (χ2v) is 5.23. The smallest absolute Gasteiger partial charge is 0.191 e. The molecule has 1 aliphatic rings. The predicted molar refractivity (Wildman–Crippen MR) is 80.7 cm³/mol. The molecule has 0 aromatic heterocycles. The Balaban J connectivity index is 2.33. The lowest BCUT2D eigenvalue weighted by Gasteiger charge is -2.25. The van der Waals surface area contributed by atoms with E-state index in [9.17, 15) is 0 Å². The molecule has 0 aliphatic carbocycles. The molecule has 2 N–H and O–H groups in total. The van der Waals surface area contributed by atoms with Gasteiger partial charge in [-0.15, -0.1) is 0 Å². The summed E-state index contributed by atoms with van der Waals surface area (Å²) < 4.78 is 5.17. The van der Waals surface area contributed by atoms with Gasteiger partial charge in [0.2, 0.25) is 0 Å². The van der Waals surface area contributed by atoms with Gasteiger partial charge in [0.1, 0.15) is 0 Å². The van der Waals surface area contributed by atoms with Gasteiger partial charge in [-0.05, 0) is 32.7 Å². The van der Waals surface area contributed by atoms with Gasteiger partial charge in [-0.1, -0.05) is 6.92 Å². The van der Waals surface area contributed by atoms with E-state index in [1.54, 1.807) is 7.11 Å². The molecular weight excluding hydrogens is 240 g/mol. The van der Waals surface area contributed by atoms with Crippen molar-refractivity contribution in [3.05, 3.63) is 0 Å². The molecule has 5 heteroatoms. The van der Waals surface area contributed by atoms with Gasteiger partial charge in [0.25, 0.3) is 0 Å². The maximum absolute atomic E-state index is 5.17. The maximum Gasteiger partial charge on any atom is 0.191 e. The minimum absolute atomic E-state index is 0.458. The van der Waals surface area contributed by atoms with Crippen molar-refractivity contribution in [1.29, 1.82) is 0 Å². The molecule has 1 aliphatic heterocycles. The lowest BCUT2D eigenvalue weighted by atomic mass is 10.2. The van der Waals surface area contributed by atoms with E-state index < -0.39 is 0 Å². The maximum atomic E-state index is 5.17.